The fraction of sp³-hybridized carbons (Fsp3) is 0.769. The number of hydrogen-bond acceptors (Lipinski definition) is 5. The Morgan fingerprint density at radius 2 is 2.00 bits per heavy atom. The largest absolute Gasteiger partial charge is 0.357 e. The molecule has 5 nitrogen and oxygen atoms in total. The monoisotopic (exact) mass is 283 g/mol. The highest BCUT2D eigenvalue weighted by atomic mass is 35.5. The van der Waals surface area contributed by atoms with E-state index in [9.17, 15) is 0 Å². The first-order valence-electron chi connectivity index (χ1n) is 6.94. The molecule has 1 aromatic rings. The lowest BCUT2D eigenvalue weighted by atomic mass is 9.89. The third-order valence-corrected chi connectivity index (χ3v) is 3.99. The lowest BCUT2D eigenvalue weighted by Gasteiger charge is -2.21. The zero-order valence-corrected chi connectivity index (χ0v) is 12.6. The van der Waals surface area contributed by atoms with E-state index in [1.54, 1.807) is 7.05 Å². The van der Waals surface area contributed by atoms with E-state index in [1.165, 1.54) is 19.3 Å². The Balaban J connectivity index is 2.11. The van der Waals surface area contributed by atoms with Crippen molar-refractivity contribution in [1.29, 1.82) is 0 Å². The van der Waals surface area contributed by atoms with Gasteiger partial charge in [-0.1, -0.05) is 13.8 Å². The Labute approximate surface area is 119 Å². The van der Waals surface area contributed by atoms with Gasteiger partial charge in [0.05, 0.1) is 0 Å². The van der Waals surface area contributed by atoms with Gasteiger partial charge in [-0.25, -0.2) is 0 Å². The maximum Gasteiger partial charge on any atom is 0.231 e. The fourth-order valence-corrected chi connectivity index (χ4v) is 2.74. The Hall–Kier alpha value is -1.10. The second kappa shape index (κ2) is 6.37. The van der Waals surface area contributed by atoms with Crippen LogP contribution in [0.5, 0.6) is 0 Å². The van der Waals surface area contributed by atoms with Crippen molar-refractivity contribution >= 4 is 23.5 Å². The van der Waals surface area contributed by atoms with Gasteiger partial charge >= 0.3 is 0 Å². The molecule has 2 heterocycles. The third-order valence-electron chi connectivity index (χ3n) is 3.82. The molecule has 0 aliphatic carbocycles. The van der Waals surface area contributed by atoms with E-state index >= 15 is 0 Å². The minimum Gasteiger partial charge on any atom is -0.357 e. The van der Waals surface area contributed by atoms with E-state index in [1.807, 2.05) is 0 Å². The average molecular weight is 284 g/mol. The summed E-state index contributed by atoms with van der Waals surface area (Å²) in [5.41, 5.74) is 0. The molecule has 1 aliphatic rings. The summed E-state index contributed by atoms with van der Waals surface area (Å²) in [6, 6.07) is 0. The molecule has 1 atom stereocenters. The van der Waals surface area contributed by atoms with E-state index < -0.39 is 0 Å². The number of anilines is 2. The molecule has 6 heteroatoms. The van der Waals surface area contributed by atoms with Crippen molar-refractivity contribution in [3.63, 3.8) is 0 Å². The van der Waals surface area contributed by atoms with Gasteiger partial charge in [0, 0.05) is 20.1 Å². The highest BCUT2D eigenvalue weighted by Gasteiger charge is 2.21. The van der Waals surface area contributed by atoms with Crippen LogP contribution in [-0.2, 0) is 0 Å². The molecule has 1 saturated heterocycles. The molecule has 1 fully saturated rings. The molecule has 0 radical (unpaired) electrons. The second-order valence-corrected chi connectivity index (χ2v) is 5.74. The van der Waals surface area contributed by atoms with Crippen molar-refractivity contribution in [3.8, 4) is 0 Å². The zero-order valence-electron chi connectivity index (χ0n) is 11.9. The van der Waals surface area contributed by atoms with Crippen molar-refractivity contribution in [3.05, 3.63) is 5.28 Å². The predicted octanol–water partition coefficient (Wildman–Crippen LogP) is 2.83. The van der Waals surface area contributed by atoms with Crippen molar-refractivity contribution in [1.82, 2.24) is 15.0 Å². The van der Waals surface area contributed by atoms with Crippen molar-refractivity contribution < 1.29 is 0 Å². The molecule has 1 aromatic heterocycles. The van der Waals surface area contributed by atoms with Crippen LogP contribution in [0.1, 0.15) is 33.1 Å². The molecule has 0 saturated carbocycles. The van der Waals surface area contributed by atoms with E-state index in [0.29, 0.717) is 11.9 Å². The quantitative estimate of drug-likeness (QED) is 0.924. The Kier molecular flexibility index (Phi) is 4.80. The fourth-order valence-electron chi connectivity index (χ4n) is 2.58. The summed E-state index contributed by atoms with van der Waals surface area (Å²) in [7, 11) is 1.78. The molecule has 2 rings (SSSR count). The van der Waals surface area contributed by atoms with Crippen LogP contribution in [0.2, 0.25) is 5.28 Å². The number of hydrogen-bond donors (Lipinski definition) is 1. The van der Waals surface area contributed by atoms with Crippen LogP contribution in [0.4, 0.5) is 11.9 Å². The van der Waals surface area contributed by atoms with E-state index in [-0.39, 0.29) is 5.28 Å². The number of aromatic nitrogens is 3. The second-order valence-electron chi connectivity index (χ2n) is 5.40. The molecular formula is C13H22ClN5. The maximum absolute atomic E-state index is 5.94. The smallest absolute Gasteiger partial charge is 0.231 e. The SMILES string of the molecule is CNc1nc(Cl)nc(N2CCCC(C(C)C)CC2)n1. The number of halogens is 1. The molecule has 1 N–H and O–H groups in total. The van der Waals surface area contributed by atoms with Crippen LogP contribution in [-0.4, -0.2) is 35.1 Å². The number of nitrogens with zero attached hydrogens (tertiary/aromatic N) is 4. The first-order chi connectivity index (χ1) is 9.10. The molecule has 0 aromatic carbocycles. The van der Waals surface area contributed by atoms with Crippen LogP contribution < -0.4 is 10.2 Å². The lowest BCUT2D eigenvalue weighted by Crippen LogP contribution is -2.27. The number of nitrogens with one attached hydrogen (secondary N) is 1. The Morgan fingerprint density at radius 3 is 2.68 bits per heavy atom. The molecule has 0 spiro atoms. The number of rotatable bonds is 3. The van der Waals surface area contributed by atoms with E-state index in [2.05, 4.69) is 39.0 Å². The van der Waals surface area contributed by atoms with Gasteiger partial charge in [-0.2, -0.15) is 15.0 Å². The first-order valence-corrected chi connectivity index (χ1v) is 7.32. The molecule has 1 aliphatic heterocycles. The van der Waals surface area contributed by atoms with Crippen LogP contribution in [0.15, 0.2) is 0 Å². The standard InChI is InChI=1S/C13H22ClN5/c1-9(2)10-5-4-7-19(8-6-10)13-17-11(14)16-12(15-3)18-13/h9-10H,4-8H2,1-3H3,(H,15,16,17,18). The normalized spacial score (nSPS) is 20.5. The summed E-state index contributed by atoms with van der Waals surface area (Å²) in [4.78, 5) is 14.9. The minimum absolute atomic E-state index is 0.249. The molecule has 1 unspecified atom stereocenters. The first kappa shape index (κ1) is 14.3. The van der Waals surface area contributed by atoms with Gasteiger partial charge in [0.15, 0.2) is 0 Å². The highest BCUT2D eigenvalue weighted by molar-refractivity contribution is 6.28. The molecule has 19 heavy (non-hydrogen) atoms. The van der Waals surface area contributed by atoms with Crippen molar-refractivity contribution in [2.75, 3.05) is 30.4 Å². The van der Waals surface area contributed by atoms with Crippen molar-refractivity contribution in [2.45, 2.75) is 33.1 Å². The van der Waals surface area contributed by atoms with Crippen molar-refractivity contribution in [2.24, 2.45) is 11.8 Å². The van der Waals surface area contributed by atoms with Crippen LogP contribution in [0.25, 0.3) is 0 Å². The summed E-state index contributed by atoms with van der Waals surface area (Å²) in [5.74, 6) is 2.76. The van der Waals surface area contributed by atoms with Gasteiger partial charge in [-0.05, 0) is 42.7 Å². The van der Waals surface area contributed by atoms with Gasteiger partial charge in [-0.15, -0.1) is 0 Å². The lowest BCUT2D eigenvalue weighted by molar-refractivity contribution is 0.351. The minimum atomic E-state index is 0.249. The topological polar surface area (TPSA) is 53.9 Å². The highest BCUT2D eigenvalue weighted by Crippen LogP contribution is 2.26. The average Bonchev–Trinajstić information content (AvgIpc) is 2.63. The molecule has 0 amide bonds. The van der Waals surface area contributed by atoms with Gasteiger partial charge < -0.3 is 10.2 Å². The van der Waals surface area contributed by atoms with Gasteiger partial charge in [0.1, 0.15) is 0 Å². The third kappa shape index (κ3) is 3.69. The summed E-state index contributed by atoms with van der Waals surface area (Å²) in [5, 5.41) is 3.17. The van der Waals surface area contributed by atoms with E-state index in [4.69, 9.17) is 11.6 Å². The summed E-state index contributed by atoms with van der Waals surface area (Å²) >= 11 is 5.94. The maximum atomic E-state index is 5.94. The van der Waals surface area contributed by atoms with Crippen LogP contribution in [0.3, 0.4) is 0 Å². The summed E-state index contributed by atoms with van der Waals surface area (Å²) in [6.45, 7) is 6.59. The predicted molar refractivity (Wildman–Crippen MR) is 78.8 cm³/mol. The van der Waals surface area contributed by atoms with Crippen LogP contribution >= 0.6 is 11.6 Å². The van der Waals surface area contributed by atoms with Gasteiger partial charge in [-0.3, -0.25) is 0 Å². The molecule has 106 valence electrons. The zero-order chi connectivity index (χ0) is 13.8. The Bertz CT molecular complexity index is 423. The summed E-state index contributed by atoms with van der Waals surface area (Å²) < 4.78 is 0. The Morgan fingerprint density at radius 1 is 1.21 bits per heavy atom. The van der Waals surface area contributed by atoms with E-state index in [0.717, 1.165) is 24.9 Å². The van der Waals surface area contributed by atoms with Crippen LogP contribution in [0, 0.1) is 11.8 Å². The van der Waals surface area contributed by atoms with Gasteiger partial charge in [0.2, 0.25) is 17.2 Å². The summed E-state index contributed by atoms with van der Waals surface area (Å²) in [6.07, 6.45) is 3.66. The van der Waals surface area contributed by atoms with Gasteiger partial charge in [0.25, 0.3) is 0 Å². The molecule has 0 bridgehead atoms. The molecular weight excluding hydrogens is 262 g/mol.